The van der Waals surface area contributed by atoms with E-state index >= 15 is 0 Å². The lowest BCUT2D eigenvalue weighted by molar-refractivity contribution is -0.139. The topological polar surface area (TPSA) is 23.6 Å². The van der Waals surface area contributed by atoms with Crippen molar-refractivity contribution in [3.8, 4) is 0 Å². The number of carbonyl (C=O) groups excluding carboxylic acids is 1. The van der Waals surface area contributed by atoms with Gasteiger partial charge in [0.05, 0.1) is 12.6 Å². The normalized spacial score (nSPS) is 19.3. The summed E-state index contributed by atoms with van der Waals surface area (Å²) in [6, 6.07) is 8.48. The van der Waals surface area contributed by atoms with Crippen molar-refractivity contribution in [3.63, 3.8) is 0 Å². The van der Waals surface area contributed by atoms with E-state index in [1.54, 1.807) is 0 Å². The average molecular weight is 297 g/mol. The summed E-state index contributed by atoms with van der Waals surface area (Å²) in [5.74, 6) is 0.214. The van der Waals surface area contributed by atoms with Crippen LogP contribution in [0.4, 0.5) is 0 Å². The molecule has 1 aromatic rings. The third-order valence-electron chi connectivity index (χ3n) is 3.02. The maximum Gasteiger partial charge on any atom is 0.237 e. The number of likely N-dealkylation sites (tertiary alicyclic amines) is 1. The zero-order valence-corrected chi connectivity index (χ0v) is 11.8. The molecule has 92 valence electrons. The fourth-order valence-corrected chi connectivity index (χ4v) is 2.52. The van der Waals surface area contributed by atoms with Gasteiger partial charge in [0.15, 0.2) is 0 Å². The number of hydrogen-bond donors (Lipinski definition) is 0. The molecular weight excluding hydrogens is 280 g/mol. The van der Waals surface area contributed by atoms with E-state index in [4.69, 9.17) is 0 Å². The van der Waals surface area contributed by atoms with Crippen LogP contribution in [-0.4, -0.2) is 42.9 Å². The average Bonchev–Trinajstić information content (AvgIpc) is 2.13. The molecule has 17 heavy (non-hydrogen) atoms. The van der Waals surface area contributed by atoms with Gasteiger partial charge in [-0.1, -0.05) is 28.1 Å². The van der Waals surface area contributed by atoms with Gasteiger partial charge in [0, 0.05) is 11.0 Å². The van der Waals surface area contributed by atoms with Crippen molar-refractivity contribution in [1.82, 2.24) is 9.80 Å². The minimum absolute atomic E-state index is 0.214. The van der Waals surface area contributed by atoms with E-state index in [-0.39, 0.29) is 11.9 Å². The SMILES string of the molecule is CN(C)CC(=O)N1CCC1c1cccc(Br)c1. The molecule has 4 heteroatoms. The largest absolute Gasteiger partial charge is 0.334 e. The number of likely N-dealkylation sites (N-methyl/N-ethyl adjacent to an activating group) is 1. The molecule has 1 saturated heterocycles. The summed E-state index contributed by atoms with van der Waals surface area (Å²) < 4.78 is 1.07. The van der Waals surface area contributed by atoms with E-state index in [0.29, 0.717) is 6.54 Å². The third-order valence-corrected chi connectivity index (χ3v) is 3.52. The lowest BCUT2D eigenvalue weighted by Crippen LogP contribution is -2.48. The minimum atomic E-state index is 0.214. The number of halogens is 1. The molecule has 0 bridgehead atoms. The highest BCUT2D eigenvalue weighted by Gasteiger charge is 2.33. The summed E-state index contributed by atoms with van der Waals surface area (Å²) in [7, 11) is 3.84. The molecule has 1 aromatic carbocycles. The molecule has 1 fully saturated rings. The summed E-state index contributed by atoms with van der Waals surface area (Å²) >= 11 is 3.47. The molecule has 1 amide bonds. The van der Waals surface area contributed by atoms with Crippen LogP contribution in [0, 0.1) is 0 Å². The first-order valence-corrected chi connectivity index (χ1v) is 6.57. The van der Waals surface area contributed by atoms with Crippen molar-refractivity contribution in [2.45, 2.75) is 12.5 Å². The van der Waals surface area contributed by atoms with Gasteiger partial charge < -0.3 is 9.80 Å². The zero-order chi connectivity index (χ0) is 12.4. The van der Waals surface area contributed by atoms with Crippen LogP contribution in [0.1, 0.15) is 18.0 Å². The van der Waals surface area contributed by atoms with Crippen molar-refractivity contribution in [2.75, 3.05) is 27.2 Å². The monoisotopic (exact) mass is 296 g/mol. The Morgan fingerprint density at radius 2 is 2.29 bits per heavy atom. The number of rotatable bonds is 3. The summed E-state index contributed by atoms with van der Waals surface area (Å²) in [6.45, 7) is 1.37. The highest BCUT2D eigenvalue weighted by molar-refractivity contribution is 9.10. The molecule has 1 heterocycles. The molecule has 0 radical (unpaired) electrons. The van der Waals surface area contributed by atoms with Crippen LogP contribution in [0.3, 0.4) is 0 Å². The van der Waals surface area contributed by atoms with Crippen molar-refractivity contribution in [3.05, 3.63) is 34.3 Å². The first-order chi connectivity index (χ1) is 8.08. The summed E-state index contributed by atoms with van der Waals surface area (Å²) in [5, 5.41) is 0. The molecule has 0 saturated carbocycles. The maximum absolute atomic E-state index is 12.0. The molecule has 0 aromatic heterocycles. The fourth-order valence-electron chi connectivity index (χ4n) is 2.11. The van der Waals surface area contributed by atoms with Crippen LogP contribution in [0.15, 0.2) is 28.7 Å². The lowest BCUT2D eigenvalue weighted by Gasteiger charge is -2.42. The predicted molar refractivity (Wildman–Crippen MR) is 71.8 cm³/mol. The Bertz CT molecular complexity index is 420. The first kappa shape index (κ1) is 12.6. The fraction of sp³-hybridized carbons (Fsp3) is 0.462. The highest BCUT2D eigenvalue weighted by Crippen LogP contribution is 2.34. The molecule has 1 aliphatic rings. The second-order valence-corrected chi connectivity index (χ2v) is 5.60. The summed E-state index contributed by atoms with van der Waals surface area (Å²) in [5.41, 5.74) is 1.22. The number of amides is 1. The molecule has 0 N–H and O–H groups in total. The van der Waals surface area contributed by atoms with Crippen molar-refractivity contribution >= 4 is 21.8 Å². The first-order valence-electron chi connectivity index (χ1n) is 5.77. The maximum atomic E-state index is 12.0. The molecule has 1 aliphatic heterocycles. The second kappa shape index (κ2) is 5.19. The van der Waals surface area contributed by atoms with E-state index in [2.05, 4.69) is 28.1 Å². The Kier molecular flexibility index (Phi) is 3.84. The molecule has 2 rings (SSSR count). The molecule has 0 aliphatic carbocycles. The quantitative estimate of drug-likeness (QED) is 0.854. The van der Waals surface area contributed by atoms with Gasteiger partial charge in [-0.25, -0.2) is 0 Å². The third kappa shape index (κ3) is 2.87. The van der Waals surface area contributed by atoms with E-state index < -0.39 is 0 Å². The number of carbonyl (C=O) groups is 1. The second-order valence-electron chi connectivity index (χ2n) is 4.68. The van der Waals surface area contributed by atoms with Gasteiger partial charge in [0.1, 0.15) is 0 Å². The smallest absolute Gasteiger partial charge is 0.237 e. The van der Waals surface area contributed by atoms with Crippen LogP contribution < -0.4 is 0 Å². The van der Waals surface area contributed by atoms with Crippen molar-refractivity contribution in [1.29, 1.82) is 0 Å². The van der Waals surface area contributed by atoms with E-state index in [0.717, 1.165) is 17.4 Å². The van der Waals surface area contributed by atoms with Gasteiger partial charge in [-0.15, -0.1) is 0 Å². The van der Waals surface area contributed by atoms with Crippen molar-refractivity contribution < 1.29 is 4.79 Å². The Morgan fingerprint density at radius 1 is 1.53 bits per heavy atom. The van der Waals surface area contributed by atoms with Gasteiger partial charge in [0.25, 0.3) is 0 Å². The number of hydrogen-bond acceptors (Lipinski definition) is 2. The van der Waals surface area contributed by atoms with Gasteiger partial charge >= 0.3 is 0 Å². The Labute approximate surface area is 111 Å². The van der Waals surface area contributed by atoms with Crippen LogP contribution in [-0.2, 0) is 4.79 Å². The van der Waals surface area contributed by atoms with Crippen LogP contribution in [0.2, 0.25) is 0 Å². The summed E-state index contributed by atoms with van der Waals surface area (Å²) in [6.07, 6.45) is 1.07. The zero-order valence-electron chi connectivity index (χ0n) is 10.2. The van der Waals surface area contributed by atoms with Crippen LogP contribution in [0.25, 0.3) is 0 Å². The van der Waals surface area contributed by atoms with Crippen molar-refractivity contribution in [2.24, 2.45) is 0 Å². The van der Waals surface area contributed by atoms with Gasteiger partial charge in [-0.2, -0.15) is 0 Å². The standard InChI is InChI=1S/C13H17BrN2O/c1-15(2)9-13(17)16-7-6-12(16)10-4-3-5-11(14)8-10/h3-5,8,12H,6-7,9H2,1-2H3. The Hall–Kier alpha value is -0.870. The Morgan fingerprint density at radius 3 is 2.82 bits per heavy atom. The van der Waals surface area contributed by atoms with E-state index in [1.165, 1.54) is 5.56 Å². The minimum Gasteiger partial charge on any atom is -0.334 e. The molecular formula is C13H17BrN2O. The van der Waals surface area contributed by atoms with Gasteiger partial charge in [-0.3, -0.25) is 4.79 Å². The van der Waals surface area contributed by atoms with Gasteiger partial charge in [-0.05, 0) is 38.2 Å². The van der Waals surface area contributed by atoms with Crippen LogP contribution in [0.5, 0.6) is 0 Å². The van der Waals surface area contributed by atoms with E-state index in [1.807, 2.05) is 36.0 Å². The van der Waals surface area contributed by atoms with E-state index in [9.17, 15) is 4.79 Å². The molecule has 1 unspecified atom stereocenters. The summed E-state index contributed by atoms with van der Waals surface area (Å²) in [4.78, 5) is 15.9. The molecule has 0 spiro atoms. The van der Waals surface area contributed by atoms with Crippen LogP contribution >= 0.6 is 15.9 Å². The lowest BCUT2D eigenvalue weighted by atomic mass is 9.94. The Balaban J connectivity index is 2.06. The number of benzene rings is 1. The number of nitrogens with zero attached hydrogens (tertiary/aromatic N) is 2. The highest BCUT2D eigenvalue weighted by atomic mass is 79.9. The predicted octanol–water partition coefficient (Wildman–Crippen LogP) is 2.28. The van der Waals surface area contributed by atoms with Gasteiger partial charge in [0.2, 0.25) is 5.91 Å². The molecule has 3 nitrogen and oxygen atoms in total. The molecule has 1 atom stereocenters.